The molecular formula is C18H18N4O2S. The van der Waals surface area contributed by atoms with Crippen LogP contribution in [-0.4, -0.2) is 32.5 Å². The van der Waals surface area contributed by atoms with Crippen LogP contribution in [0.1, 0.15) is 45.7 Å². The van der Waals surface area contributed by atoms with E-state index in [2.05, 4.69) is 15.1 Å². The van der Waals surface area contributed by atoms with Gasteiger partial charge in [-0.25, -0.2) is 0 Å². The van der Waals surface area contributed by atoms with Gasteiger partial charge in [0, 0.05) is 29.4 Å². The SMILES string of the molecule is Cc1ccc(C(=O)N2CCCC[C@H]2c2nc(-c3ccncc3)no2)s1. The number of aryl methyl sites for hydroxylation is 1. The Morgan fingerprint density at radius 1 is 1.24 bits per heavy atom. The number of hydrogen-bond donors (Lipinski definition) is 0. The van der Waals surface area contributed by atoms with Gasteiger partial charge in [0.15, 0.2) is 0 Å². The molecule has 0 aromatic carbocycles. The van der Waals surface area contributed by atoms with E-state index < -0.39 is 0 Å². The Kier molecular flexibility index (Phi) is 4.31. The number of nitrogens with zero attached hydrogens (tertiary/aromatic N) is 4. The maximum Gasteiger partial charge on any atom is 0.264 e. The highest BCUT2D eigenvalue weighted by atomic mass is 32.1. The van der Waals surface area contributed by atoms with Gasteiger partial charge in [0.2, 0.25) is 11.7 Å². The molecule has 3 aromatic heterocycles. The molecule has 25 heavy (non-hydrogen) atoms. The molecule has 1 amide bonds. The second kappa shape index (κ2) is 6.76. The Bertz CT molecular complexity index is 874. The van der Waals surface area contributed by atoms with Crippen LogP contribution in [0.5, 0.6) is 0 Å². The zero-order valence-corrected chi connectivity index (χ0v) is 14.7. The lowest BCUT2D eigenvalue weighted by Crippen LogP contribution is -2.38. The molecule has 3 aromatic rings. The first-order valence-corrected chi connectivity index (χ1v) is 9.15. The van der Waals surface area contributed by atoms with Crippen LogP contribution in [0.25, 0.3) is 11.4 Å². The molecule has 0 saturated carbocycles. The predicted molar refractivity (Wildman–Crippen MR) is 94.2 cm³/mol. The summed E-state index contributed by atoms with van der Waals surface area (Å²) < 4.78 is 5.51. The van der Waals surface area contributed by atoms with Gasteiger partial charge in [-0.05, 0) is 50.5 Å². The van der Waals surface area contributed by atoms with Gasteiger partial charge in [0.05, 0.1) is 4.88 Å². The second-order valence-corrected chi connectivity index (χ2v) is 7.40. The number of hydrogen-bond acceptors (Lipinski definition) is 6. The molecule has 4 heterocycles. The summed E-state index contributed by atoms with van der Waals surface area (Å²) in [7, 11) is 0. The van der Waals surface area contributed by atoms with E-state index in [0.717, 1.165) is 34.6 Å². The molecule has 0 bridgehead atoms. The molecule has 4 rings (SSSR count). The molecule has 0 unspecified atom stereocenters. The first-order chi connectivity index (χ1) is 12.2. The number of thiophene rings is 1. The molecule has 1 atom stereocenters. The fourth-order valence-electron chi connectivity index (χ4n) is 3.11. The summed E-state index contributed by atoms with van der Waals surface area (Å²) in [6, 6.07) is 7.39. The van der Waals surface area contributed by atoms with Gasteiger partial charge in [0.1, 0.15) is 6.04 Å². The number of carbonyl (C=O) groups is 1. The zero-order chi connectivity index (χ0) is 17.2. The van der Waals surface area contributed by atoms with Crippen molar-refractivity contribution in [3.05, 3.63) is 52.3 Å². The van der Waals surface area contributed by atoms with Crippen molar-refractivity contribution in [1.29, 1.82) is 0 Å². The van der Waals surface area contributed by atoms with Crippen molar-refractivity contribution < 1.29 is 9.32 Å². The van der Waals surface area contributed by atoms with Crippen molar-refractivity contribution in [3.63, 3.8) is 0 Å². The number of aromatic nitrogens is 3. The predicted octanol–water partition coefficient (Wildman–Crippen LogP) is 3.87. The van der Waals surface area contributed by atoms with E-state index in [9.17, 15) is 4.79 Å². The molecule has 0 N–H and O–H groups in total. The molecule has 1 fully saturated rings. The van der Waals surface area contributed by atoms with Crippen LogP contribution >= 0.6 is 11.3 Å². The average molecular weight is 354 g/mol. The molecule has 0 spiro atoms. The fraction of sp³-hybridized carbons (Fsp3) is 0.333. The maximum absolute atomic E-state index is 12.9. The van der Waals surface area contributed by atoms with Crippen LogP contribution in [0.4, 0.5) is 0 Å². The Morgan fingerprint density at radius 2 is 2.08 bits per heavy atom. The number of likely N-dealkylation sites (tertiary alicyclic amines) is 1. The zero-order valence-electron chi connectivity index (χ0n) is 13.9. The number of rotatable bonds is 3. The fourth-order valence-corrected chi connectivity index (χ4v) is 3.93. The monoisotopic (exact) mass is 354 g/mol. The van der Waals surface area contributed by atoms with Gasteiger partial charge < -0.3 is 9.42 Å². The van der Waals surface area contributed by atoms with E-state index in [4.69, 9.17) is 4.52 Å². The van der Waals surface area contributed by atoms with Crippen LogP contribution in [0.15, 0.2) is 41.2 Å². The van der Waals surface area contributed by atoms with Gasteiger partial charge in [0.25, 0.3) is 5.91 Å². The van der Waals surface area contributed by atoms with E-state index in [-0.39, 0.29) is 11.9 Å². The third-order valence-corrected chi connectivity index (χ3v) is 5.37. The largest absolute Gasteiger partial charge is 0.337 e. The summed E-state index contributed by atoms with van der Waals surface area (Å²) in [6.07, 6.45) is 6.28. The van der Waals surface area contributed by atoms with Crippen LogP contribution in [0.3, 0.4) is 0 Å². The third-order valence-electron chi connectivity index (χ3n) is 4.38. The normalized spacial score (nSPS) is 17.6. The lowest BCUT2D eigenvalue weighted by Gasteiger charge is -2.33. The van der Waals surface area contributed by atoms with E-state index in [1.165, 1.54) is 11.3 Å². The molecule has 0 radical (unpaired) electrons. The summed E-state index contributed by atoms with van der Waals surface area (Å²) in [5, 5.41) is 4.08. The highest BCUT2D eigenvalue weighted by Gasteiger charge is 2.33. The number of amides is 1. The maximum atomic E-state index is 12.9. The molecule has 6 nitrogen and oxygen atoms in total. The molecule has 7 heteroatoms. The number of pyridine rings is 1. The minimum atomic E-state index is -0.160. The molecular weight excluding hydrogens is 336 g/mol. The van der Waals surface area contributed by atoms with Gasteiger partial charge in [-0.15, -0.1) is 11.3 Å². The van der Waals surface area contributed by atoms with E-state index in [1.54, 1.807) is 12.4 Å². The van der Waals surface area contributed by atoms with Crippen molar-refractivity contribution in [2.24, 2.45) is 0 Å². The van der Waals surface area contributed by atoms with Crippen LogP contribution in [0, 0.1) is 6.92 Å². The first kappa shape index (κ1) is 16.0. The molecule has 0 aliphatic carbocycles. The Morgan fingerprint density at radius 3 is 2.84 bits per heavy atom. The van der Waals surface area contributed by atoms with Crippen LogP contribution in [-0.2, 0) is 0 Å². The van der Waals surface area contributed by atoms with Crippen LogP contribution < -0.4 is 0 Å². The van der Waals surface area contributed by atoms with Crippen molar-refractivity contribution in [1.82, 2.24) is 20.0 Å². The summed E-state index contributed by atoms with van der Waals surface area (Å²) in [5.41, 5.74) is 0.854. The van der Waals surface area contributed by atoms with Crippen molar-refractivity contribution >= 4 is 17.2 Å². The van der Waals surface area contributed by atoms with Gasteiger partial charge >= 0.3 is 0 Å². The summed E-state index contributed by atoms with van der Waals surface area (Å²) in [4.78, 5) is 25.2. The third kappa shape index (κ3) is 3.19. The standard InChI is InChI=1S/C18H18N4O2S/c1-12-5-6-15(25-12)18(23)22-11-3-2-4-14(22)17-20-16(21-24-17)13-7-9-19-10-8-13/h5-10,14H,2-4,11H2,1H3/t14-/m0/s1. The van der Waals surface area contributed by atoms with Crippen molar-refractivity contribution in [2.45, 2.75) is 32.2 Å². The molecule has 128 valence electrons. The Balaban J connectivity index is 1.61. The molecule has 1 aliphatic rings. The number of carbonyl (C=O) groups excluding carboxylic acids is 1. The van der Waals surface area contributed by atoms with Crippen molar-refractivity contribution in [3.8, 4) is 11.4 Å². The Labute approximate surface area is 149 Å². The smallest absolute Gasteiger partial charge is 0.264 e. The average Bonchev–Trinajstić information content (AvgIpc) is 3.31. The summed E-state index contributed by atoms with van der Waals surface area (Å²) in [5.74, 6) is 1.09. The molecule has 1 aliphatic heterocycles. The van der Waals surface area contributed by atoms with E-state index >= 15 is 0 Å². The highest BCUT2D eigenvalue weighted by molar-refractivity contribution is 7.13. The lowest BCUT2D eigenvalue weighted by molar-refractivity contribution is 0.0566. The number of piperidine rings is 1. The Hall–Kier alpha value is -2.54. The van der Waals surface area contributed by atoms with Crippen LogP contribution in [0.2, 0.25) is 0 Å². The summed E-state index contributed by atoms with van der Waals surface area (Å²) in [6.45, 7) is 2.72. The van der Waals surface area contributed by atoms with E-state index in [0.29, 0.717) is 18.3 Å². The minimum Gasteiger partial charge on any atom is -0.337 e. The van der Waals surface area contributed by atoms with Crippen molar-refractivity contribution in [2.75, 3.05) is 6.54 Å². The lowest BCUT2D eigenvalue weighted by atomic mass is 10.0. The van der Waals surface area contributed by atoms with Gasteiger partial charge in [-0.3, -0.25) is 9.78 Å². The first-order valence-electron chi connectivity index (χ1n) is 8.34. The molecule has 1 saturated heterocycles. The second-order valence-electron chi connectivity index (χ2n) is 6.11. The van der Waals surface area contributed by atoms with Gasteiger partial charge in [-0.2, -0.15) is 4.98 Å². The minimum absolute atomic E-state index is 0.0476. The van der Waals surface area contributed by atoms with Gasteiger partial charge in [-0.1, -0.05) is 5.16 Å². The topological polar surface area (TPSA) is 72.1 Å². The quantitative estimate of drug-likeness (QED) is 0.714. The highest BCUT2D eigenvalue weighted by Crippen LogP contribution is 2.33. The summed E-state index contributed by atoms with van der Waals surface area (Å²) >= 11 is 1.52. The van der Waals surface area contributed by atoms with E-state index in [1.807, 2.05) is 36.1 Å².